The molecular weight excluding hydrogens is 366 g/mol. The number of rotatable bonds is 6. The lowest BCUT2D eigenvalue weighted by Crippen LogP contribution is -2.44. The van der Waals surface area contributed by atoms with Crippen molar-refractivity contribution in [2.24, 2.45) is 16.3 Å². The molecule has 5 nitrogen and oxygen atoms in total. The van der Waals surface area contributed by atoms with Gasteiger partial charge in [-0.3, -0.25) is 9.79 Å². The van der Waals surface area contributed by atoms with E-state index in [-0.39, 0.29) is 17.8 Å². The number of carbonyl (C=O) groups excluding carboxylic acids is 2. The van der Waals surface area contributed by atoms with Crippen molar-refractivity contribution in [3.05, 3.63) is 41.1 Å². The molecule has 1 unspecified atom stereocenters. The van der Waals surface area contributed by atoms with Crippen LogP contribution in [0, 0.1) is 11.3 Å². The number of para-hydroxylation sites is 1. The van der Waals surface area contributed by atoms with Gasteiger partial charge in [-0.05, 0) is 38.2 Å². The third-order valence-corrected chi connectivity index (χ3v) is 5.57. The summed E-state index contributed by atoms with van der Waals surface area (Å²) < 4.78 is 11.4. The molecule has 1 heterocycles. The van der Waals surface area contributed by atoms with Crippen molar-refractivity contribution in [1.29, 1.82) is 0 Å². The second-order valence-electron chi connectivity index (χ2n) is 8.65. The van der Waals surface area contributed by atoms with E-state index < -0.39 is 17.8 Å². The second kappa shape index (κ2) is 8.52. The Morgan fingerprint density at radius 1 is 1.17 bits per heavy atom. The topological polar surface area (TPSA) is 65.0 Å². The summed E-state index contributed by atoms with van der Waals surface area (Å²) in [5.41, 5.74) is 2.70. The monoisotopic (exact) mass is 397 g/mol. The van der Waals surface area contributed by atoms with Gasteiger partial charge in [-0.2, -0.15) is 0 Å². The summed E-state index contributed by atoms with van der Waals surface area (Å²) in [6.07, 6.45) is 2.09. The van der Waals surface area contributed by atoms with Crippen LogP contribution in [0.25, 0.3) is 0 Å². The molecule has 1 aliphatic carbocycles. The van der Waals surface area contributed by atoms with Crippen LogP contribution in [-0.2, 0) is 14.3 Å². The number of nitrogens with zero attached hydrogens (tertiary/aromatic N) is 1. The Balaban J connectivity index is 2.17. The maximum Gasteiger partial charge on any atom is 0.336 e. The van der Waals surface area contributed by atoms with Crippen molar-refractivity contribution in [2.45, 2.75) is 59.8 Å². The Labute approximate surface area is 173 Å². The number of hydrogen-bond donors (Lipinski definition) is 0. The Hall–Kier alpha value is -2.43. The van der Waals surface area contributed by atoms with Crippen LogP contribution in [0.15, 0.2) is 40.5 Å². The molecule has 1 fully saturated rings. The van der Waals surface area contributed by atoms with Crippen LogP contribution in [-0.4, -0.2) is 30.7 Å². The fourth-order valence-corrected chi connectivity index (χ4v) is 4.48. The number of Topliss-reactive ketones (excluding diaryl/α,β-unsaturated/α-hetero) is 1. The predicted octanol–water partition coefficient (Wildman–Crippen LogP) is 4.86. The lowest BCUT2D eigenvalue weighted by molar-refractivity contribution is -0.139. The Morgan fingerprint density at radius 2 is 1.90 bits per heavy atom. The van der Waals surface area contributed by atoms with Crippen molar-refractivity contribution < 1.29 is 19.1 Å². The van der Waals surface area contributed by atoms with Crippen LogP contribution in [0.2, 0.25) is 0 Å². The van der Waals surface area contributed by atoms with E-state index in [1.54, 1.807) is 6.92 Å². The van der Waals surface area contributed by atoms with E-state index in [2.05, 4.69) is 20.8 Å². The first kappa shape index (κ1) is 21.3. The Bertz CT molecular complexity index is 865. The van der Waals surface area contributed by atoms with Crippen LogP contribution >= 0.6 is 0 Å². The van der Waals surface area contributed by atoms with E-state index in [0.717, 1.165) is 24.1 Å². The smallest absolute Gasteiger partial charge is 0.336 e. The average molecular weight is 398 g/mol. The normalized spacial score (nSPS) is 23.3. The van der Waals surface area contributed by atoms with Gasteiger partial charge in [0.05, 0.1) is 24.7 Å². The highest BCUT2D eigenvalue weighted by Crippen LogP contribution is 2.48. The molecule has 0 N–H and O–H groups in total. The van der Waals surface area contributed by atoms with E-state index in [4.69, 9.17) is 14.5 Å². The summed E-state index contributed by atoms with van der Waals surface area (Å²) in [6, 6.07) is 7.71. The minimum absolute atomic E-state index is 0.128. The van der Waals surface area contributed by atoms with Crippen LogP contribution in [0.3, 0.4) is 0 Å². The van der Waals surface area contributed by atoms with Gasteiger partial charge >= 0.3 is 5.97 Å². The second-order valence-corrected chi connectivity index (χ2v) is 8.65. The number of ether oxygens (including phenoxy) is 2. The number of carbonyl (C=O) groups is 2. The lowest BCUT2D eigenvalue weighted by atomic mass is 9.63. The number of hydrogen-bond acceptors (Lipinski definition) is 5. The van der Waals surface area contributed by atoms with Crippen molar-refractivity contribution in [2.75, 3.05) is 13.2 Å². The number of benzene rings is 1. The van der Waals surface area contributed by atoms with E-state index in [1.807, 2.05) is 31.2 Å². The van der Waals surface area contributed by atoms with Crippen molar-refractivity contribution >= 4 is 17.5 Å². The fourth-order valence-electron chi connectivity index (χ4n) is 4.48. The van der Waals surface area contributed by atoms with Gasteiger partial charge in [0.15, 0.2) is 0 Å². The summed E-state index contributed by atoms with van der Waals surface area (Å²) in [5.74, 6) is -0.436. The van der Waals surface area contributed by atoms with Gasteiger partial charge in [0, 0.05) is 29.3 Å². The fraction of sp³-hybridized carbons (Fsp3) is 0.542. The maximum atomic E-state index is 13.3. The molecule has 0 saturated heterocycles. The molecule has 0 bridgehead atoms. The number of allylic oxidation sites excluding steroid dienone is 1. The van der Waals surface area contributed by atoms with Gasteiger partial charge in [-0.1, -0.05) is 39.0 Å². The molecule has 0 amide bonds. The van der Waals surface area contributed by atoms with Crippen LogP contribution in [0.4, 0.5) is 0 Å². The van der Waals surface area contributed by atoms with Crippen molar-refractivity contribution in [1.82, 2.24) is 0 Å². The maximum absolute atomic E-state index is 13.3. The first-order chi connectivity index (χ1) is 13.8. The van der Waals surface area contributed by atoms with E-state index in [9.17, 15) is 9.59 Å². The van der Waals surface area contributed by atoms with E-state index >= 15 is 0 Å². The van der Waals surface area contributed by atoms with Crippen molar-refractivity contribution in [3.63, 3.8) is 0 Å². The SMILES string of the molecule is CCCOc1ccccc1[C@H]1C(C(=O)OCC)=C(C)N=C2CC(C)(C)CC(=O)C21. The van der Waals surface area contributed by atoms with Gasteiger partial charge in [-0.25, -0.2) is 4.79 Å². The molecule has 156 valence electrons. The zero-order valence-corrected chi connectivity index (χ0v) is 18.1. The molecule has 29 heavy (non-hydrogen) atoms. The molecule has 1 aromatic carbocycles. The van der Waals surface area contributed by atoms with Gasteiger partial charge in [-0.15, -0.1) is 0 Å². The highest BCUT2D eigenvalue weighted by molar-refractivity contribution is 6.12. The molecule has 0 radical (unpaired) electrons. The predicted molar refractivity (Wildman–Crippen MR) is 113 cm³/mol. The molecule has 3 rings (SSSR count). The first-order valence-corrected chi connectivity index (χ1v) is 10.5. The van der Waals surface area contributed by atoms with Crippen LogP contribution in [0.5, 0.6) is 5.75 Å². The average Bonchev–Trinajstić information content (AvgIpc) is 2.64. The van der Waals surface area contributed by atoms with Gasteiger partial charge < -0.3 is 9.47 Å². The quantitative estimate of drug-likeness (QED) is 0.643. The molecule has 1 aromatic rings. The zero-order valence-electron chi connectivity index (χ0n) is 18.1. The number of ketones is 1. The molecule has 5 heteroatoms. The molecule has 0 spiro atoms. The molecule has 0 aromatic heterocycles. The highest BCUT2D eigenvalue weighted by Gasteiger charge is 2.48. The summed E-state index contributed by atoms with van der Waals surface area (Å²) in [4.78, 5) is 31.0. The standard InChI is InChI=1S/C24H31NO4/c1-6-12-29-19-11-9-8-10-16(19)21-20(23(27)28-7-2)15(3)25-17-13-24(4,5)14-18(26)22(17)21/h8-11,21-22H,6-7,12-14H2,1-5H3/t21-,22?/m0/s1. The first-order valence-electron chi connectivity index (χ1n) is 10.5. The summed E-state index contributed by atoms with van der Waals surface area (Å²) in [5, 5.41) is 0. The third-order valence-electron chi connectivity index (χ3n) is 5.57. The van der Waals surface area contributed by atoms with Gasteiger partial charge in [0.1, 0.15) is 11.5 Å². The highest BCUT2D eigenvalue weighted by atomic mass is 16.5. The minimum atomic E-state index is -0.447. The minimum Gasteiger partial charge on any atom is -0.493 e. The molecule has 1 aliphatic heterocycles. The Morgan fingerprint density at radius 3 is 2.59 bits per heavy atom. The van der Waals surface area contributed by atoms with E-state index in [1.165, 1.54) is 0 Å². The Kier molecular flexibility index (Phi) is 6.25. The van der Waals surface area contributed by atoms with Gasteiger partial charge in [0.25, 0.3) is 0 Å². The lowest BCUT2D eigenvalue weighted by Gasteiger charge is -2.41. The largest absolute Gasteiger partial charge is 0.493 e. The molecular formula is C24H31NO4. The number of esters is 1. The number of aliphatic imine (C=N–C) groups is 1. The van der Waals surface area contributed by atoms with Crippen LogP contribution < -0.4 is 4.74 Å². The molecule has 2 atom stereocenters. The van der Waals surface area contributed by atoms with Gasteiger partial charge in [0.2, 0.25) is 0 Å². The van der Waals surface area contributed by atoms with Crippen LogP contribution in [0.1, 0.15) is 65.4 Å². The van der Waals surface area contributed by atoms with E-state index in [0.29, 0.717) is 30.0 Å². The molecule has 1 saturated carbocycles. The zero-order chi connectivity index (χ0) is 21.2. The third kappa shape index (κ3) is 4.29. The summed E-state index contributed by atoms with van der Waals surface area (Å²) in [6.45, 7) is 10.7. The number of fused-ring (bicyclic) bond motifs is 1. The molecule has 2 aliphatic rings. The summed E-state index contributed by atoms with van der Waals surface area (Å²) >= 11 is 0. The van der Waals surface area contributed by atoms with Crippen molar-refractivity contribution in [3.8, 4) is 5.75 Å². The summed E-state index contributed by atoms with van der Waals surface area (Å²) in [7, 11) is 0.